The average Bonchev–Trinajstić information content (AvgIpc) is 2.42. The molecule has 2 aromatic rings. The van der Waals surface area contributed by atoms with Gasteiger partial charge in [0, 0.05) is 24.1 Å². The molecule has 0 fully saturated rings. The molecule has 1 aromatic carbocycles. The first kappa shape index (κ1) is 14.1. The first-order valence-electron chi connectivity index (χ1n) is 6.38. The molecule has 0 amide bonds. The molecular weight excluding hydrogens is 302 g/mol. The topological polar surface area (TPSA) is 22.1 Å². The van der Waals surface area contributed by atoms with Gasteiger partial charge in [-0.05, 0) is 42.2 Å². The molecule has 0 N–H and O–H groups in total. The van der Waals surface area contributed by atoms with E-state index in [0.717, 1.165) is 17.5 Å². The van der Waals surface area contributed by atoms with E-state index in [0.29, 0.717) is 6.61 Å². The van der Waals surface area contributed by atoms with E-state index < -0.39 is 0 Å². The van der Waals surface area contributed by atoms with Gasteiger partial charge >= 0.3 is 0 Å². The van der Waals surface area contributed by atoms with E-state index in [1.807, 2.05) is 12.3 Å². The Morgan fingerprint density at radius 3 is 2.47 bits per heavy atom. The summed E-state index contributed by atoms with van der Waals surface area (Å²) in [7, 11) is 0. The Morgan fingerprint density at radius 1 is 1.16 bits per heavy atom. The minimum absolute atomic E-state index is 0.682. The summed E-state index contributed by atoms with van der Waals surface area (Å²) in [6.07, 6.45) is 4.56. The van der Waals surface area contributed by atoms with Crippen molar-refractivity contribution in [3.8, 4) is 5.75 Å². The lowest BCUT2D eigenvalue weighted by Crippen LogP contribution is -2.04. The zero-order chi connectivity index (χ0) is 13.7. The van der Waals surface area contributed by atoms with Gasteiger partial charge in [-0.2, -0.15) is 0 Å². The number of hydrogen-bond donors (Lipinski definition) is 0. The largest absolute Gasteiger partial charge is 0.493 e. The van der Waals surface area contributed by atoms with Gasteiger partial charge in [0.05, 0.1) is 6.61 Å². The maximum Gasteiger partial charge on any atom is 0.125 e. The quantitative estimate of drug-likeness (QED) is 0.770. The van der Waals surface area contributed by atoms with Crippen LogP contribution in [0.3, 0.4) is 0 Å². The van der Waals surface area contributed by atoms with Crippen LogP contribution >= 0.6 is 15.9 Å². The van der Waals surface area contributed by atoms with Gasteiger partial charge in [-0.25, -0.2) is 0 Å². The van der Waals surface area contributed by atoms with Crippen LogP contribution in [0.5, 0.6) is 5.75 Å². The van der Waals surface area contributed by atoms with Gasteiger partial charge in [0.1, 0.15) is 5.75 Å². The molecule has 1 aromatic heterocycles. The third-order valence-electron chi connectivity index (χ3n) is 3.03. The number of alkyl halides is 1. The van der Waals surface area contributed by atoms with Crippen molar-refractivity contribution in [2.24, 2.45) is 0 Å². The second-order valence-corrected chi connectivity index (χ2v) is 5.21. The van der Waals surface area contributed by atoms with Crippen molar-refractivity contribution < 1.29 is 4.74 Å². The van der Waals surface area contributed by atoms with Gasteiger partial charge in [0.2, 0.25) is 0 Å². The fourth-order valence-electron chi connectivity index (χ4n) is 2.16. The van der Waals surface area contributed by atoms with Gasteiger partial charge in [-0.1, -0.05) is 34.1 Å². The van der Waals surface area contributed by atoms with Gasteiger partial charge in [-0.3, -0.25) is 4.98 Å². The highest BCUT2D eigenvalue weighted by molar-refractivity contribution is 9.08. The maximum absolute atomic E-state index is 5.93. The van der Waals surface area contributed by atoms with Crippen LogP contribution in [0, 0.1) is 13.8 Å². The van der Waals surface area contributed by atoms with Crippen LogP contribution in [0.4, 0.5) is 0 Å². The molecule has 0 aliphatic heterocycles. The van der Waals surface area contributed by atoms with Crippen molar-refractivity contribution in [3.05, 3.63) is 58.9 Å². The second-order valence-electron chi connectivity index (χ2n) is 4.65. The highest BCUT2D eigenvalue weighted by Crippen LogP contribution is 2.25. The number of halogens is 1. The molecule has 0 bridgehead atoms. The number of aromatic nitrogens is 1. The Balaban J connectivity index is 2.00. The third kappa shape index (κ3) is 3.80. The molecule has 100 valence electrons. The number of pyridine rings is 1. The molecular formula is C16H18BrNO. The molecule has 2 rings (SSSR count). The summed E-state index contributed by atoms with van der Waals surface area (Å²) in [6.45, 7) is 4.87. The molecule has 0 aliphatic rings. The summed E-state index contributed by atoms with van der Waals surface area (Å²) in [5, 5.41) is 0.880. The lowest BCUT2D eigenvalue weighted by Gasteiger charge is -2.13. The molecule has 0 atom stereocenters. The smallest absolute Gasteiger partial charge is 0.125 e. The van der Waals surface area contributed by atoms with Crippen LogP contribution < -0.4 is 4.74 Å². The number of nitrogens with zero attached hydrogens (tertiary/aromatic N) is 1. The van der Waals surface area contributed by atoms with Gasteiger partial charge in [0.15, 0.2) is 0 Å². The minimum atomic E-state index is 0.682. The third-order valence-corrected chi connectivity index (χ3v) is 3.68. The average molecular weight is 320 g/mol. The van der Waals surface area contributed by atoms with Gasteiger partial charge < -0.3 is 4.74 Å². The number of ether oxygens (including phenoxy) is 1. The molecule has 19 heavy (non-hydrogen) atoms. The SMILES string of the molecule is Cc1cc(CBr)cc(C)c1OCCc1cccnc1. The fraction of sp³-hybridized carbons (Fsp3) is 0.312. The second kappa shape index (κ2) is 6.71. The monoisotopic (exact) mass is 319 g/mol. The van der Waals surface area contributed by atoms with E-state index in [2.05, 4.69) is 53.0 Å². The standard InChI is InChI=1S/C16H18BrNO/c1-12-8-15(10-17)9-13(2)16(12)19-7-5-14-4-3-6-18-11-14/h3-4,6,8-9,11H,5,7,10H2,1-2H3. The van der Waals surface area contributed by atoms with Crippen molar-refractivity contribution in [2.75, 3.05) is 6.61 Å². The van der Waals surface area contributed by atoms with Crippen LogP contribution in [-0.2, 0) is 11.8 Å². The number of hydrogen-bond acceptors (Lipinski definition) is 2. The normalized spacial score (nSPS) is 10.5. The predicted molar refractivity (Wildman–Crippen MR) is 82.0 cm³/mol. The van der Waals surface area contributed by atoms with Crippen LogP contribution in [0.15, 0.2) is 36.7 Å². The molecule has 2 nitrogen and oxygen atoms in total. The van der Waals surface area contributed by atoms with E-state index in [-0.39, 0.29) is 0 Å². The Morgan fingerprint density at radius 2 is 1.89 bits per heavy atom. The molecule has 0 saturated heterocycles. The zero-order valence-electron chi connectivity index (χ0n) is 11.3. The predicted octanol–water partition coefficient (Wildman–Crippen LogP) is 4.21. The lowest BCUT2D eigenvalue weighted by atomic mass is 10.1. The van der Waals surface area contributed by atoms with E-state index >= 15 is 0 Å². The molecule has 0 radical (unpaired) electrons. The number of benzene rings is 1. The van der Waals surface area contributed by atoms with Gasteiger partial charge in [-0.15, -0.1) is 0 Å². The maximum atomic E-state index is 5.93. The van der Waals surface area contributed by atoms with Crippen molar-refractivity contribution in [3.63, 3.8) is 0 Å². The van der Waals surface area contributed by atoms with Gasteiger partial charge in [0.25, 0.3) is 0 Å². The Bertz CT molecular complexity index is 517. The van der Waals surface area contributed by atoms with E-state index in [9.17, 15) is 0 Å². The summed E-state index contributed by atoms with van der Waals surface area (Å²) < 4.78 is 5.93. The molecule has 0 saturated carbocycles. The summed E-state index contributed by atoms with van der Waals surface area (Å²) >= 11 is 3.49. The molecule has 3 heteroatoms. The van der Waals surface area contributed by atoms with Crippen LogP contribution in [0.1, 0.15) is 22.3 Å². The van der Waals surface area contributed by atoms with Crippen LogP contribution in [0.2, 0.25) is 0 Å². The fourth-order valence-corrected chi connectivity index (χ4v) is 2.49. The summed E-state index contributed by atoms with van der Waals surface area (Å²) in [5.74, 6) is 1.01. The van der Waals surface area contributed by atoms with Crippen molar-refractivity contribution in [1.82, 2.24) is 4.98 Å². The zero-order valence-corrected chi connectivity index (χ0v) is 12.9. The van der Waals surface area contributed by atoms with E-state index in [4.69, 9.17) is 4.74 Å². The number of rotatable bonds is 5. The Kier molecular flexibility index (Phi) is 4.97. The minimum Gasteiger partial charge on any atom is -0.493 e. The van der Waals surface area contributed by atoms with Crippen molar-refractivity contribution in [2.45, 2.75) is 25.6 Å². The Hall–Kier alpha value is -1.35. The molecule has 0 unspecified atom stereocenters. The lowest BCUT2D eigenvalue weighted by molar-refractivity contribution is 0.317. The van der Waals surface area contributed by atoms with Crippen LogP contribution in [-0.4, -0.2) is 11.6 Å². The molecule has 0 aliphatic carbocycles. The summed E-state index contributed by atoms with van der Waals surface area (Å²) in [4.78, 5) is 4.11. The molecule has 1 heterocycles. The van der Waals surface area contributed by atoms with E-state index in [1.54, 1.807) is 6.20 Å². The summed E-state index contributed by atoms with van der Waals surface area (Å²) in [6, 6.07) is 8.36. The highest BCUT2D eigenvalue weighted by Gasteiger charge is 2.06. The van der Waals surface area contributed by atoms with Crippen LogP contribution in [0.25, 0.3) is 0 Å². The Labute approximate surface area is 123 Å². The molecule has 0 spiro atoms. The van der Waals surface area contributed by atoms with Crippen molar-refractivity contribution in [1.29, 1.82) is 0 Å². The van der Waals surface area contributed by atoms with Crippen molar-refractivity contribution >= 4 is 15.9 Å². The van der Waals surface area contributed by atoms with E-state index in [1.165, 1.54) is 22.3 Å². The first-order valence-corrected chi connectivity index (χ1v) is 7.50. The highest BCUT2D eigenvalue weighted by atomic mass is 79.9. The summed E-state index contributed by atoms with van der Waals surface area (Å²) in [5.41, 5.74) is 4.88. The number of aryl methyl sites for hydroxylation is 2. The first-order chi connectivity index (χ1) is 9.20.